The molecule has 0 unspecified atom stereocenters. The van der Waals surface area contributed by atoms with Gasteiger partial charge in [0.25, 0.3) is 5.56 Å². The molecule has 0 bridgehead atoms. The standard InChI is InChI=1S/C16H19N3O3/c1-11-14(16(21)18-12(2)17-11)8-9-15(20)19-22-10-13-6-4-3-5-7-13/h3-7H,8-10H2,1-2H3,(H,19,20)(H,17,18,21). The number of hydrogen-bond acceptors (Lipinski definition) is 4. The molecule has 2 rings (SSSR count). The Morgan fingerprint density at radius 3 is 2.68 bits per heavy atom. The van der Waals surface area contributed by atoms with Crippen LogP contribution in [0.5, 0.6) is 0 Å². The molecule has 1 heterocycles. The topological polar surface area (TPSA) is 84.1 Å². The van der Waals surface area contributed by atoms with Crippen molar-refractivity contribution in [2.45, 2.75) is 33.3 Å². The van der Waals surface area contributed by atoms with E-state index in [0.717, 1.165) is 5.56 Å². The summed E-state index contributed by atoms with van der Waals surface area (Å²) in [7, 11) is 0. The van der Waals surface area contributed by atoms with Crippen molar-refractivity contribution >= 4 is 5.91 Å². The predicted molar refractivity (Wildman–Crippen MR) is 82.0 cm³/mol. The lowest BCUT2D eigenvalue weighted by molar-refractivity contribution is -0.134. The molecule has 0 atom stereocenters. The molecule has 1 amide bonds. The van der Waals surface area contributed by atoms with Crippen LogP contribution in [-0.4, -0.2) is 15.9 Å². The molecule has 0 spiro atoms. The molecule has 6 heteroatoms. The smallest absolute Gasteiger partial charge is 0.254 e. The third-order valence-corrected chi connectivity index (χ3v) is 3.21. The molecule has 116 valence electrons. The summed E-state index contributed by atoms with van der Waals surface area (Å²) in [5.41, 5.74) is 4.34. The highest BCUT2D eigenvalue weighted by Crippen LogP contribution is 2.03. The molecular weight excluding hydrogens is 282 g/mol. The fourth-order valence-corrected chi connectivity index (χ4v) is 2.11. The zero-order valence-electron chi connectivity index (χ0n) is 12.7. The van der Waals surface area contributed by atoms with Crippen LogP contribution in [0.3, 0.4) is 0 Å². The zero-order valence-corrected chi connectivity index (χ0v) is 12.7. The predicted octanol–water partition coefficient (Wildman–Crippen LogP) is 1.57. The van der Waals surface area contributed by atoms with Crippen LogP contribution in [0.25, 0.3) is 0 Å². The molecule has 2 aromatic rings. The first-order valence-electron chi connectivity index (χ1n) is 7.07. The number of H-pyrrole nitrogens is 1. The minimum atomic E-state index is -0.268. The molecule has 1 aromatic carbocycles. The number of carbonyl (C=O) groups excluding carboxylic acids is 1. The second-order valence-electron chi connectivity index (χ2n) is 5.01. The Hall–Kier alpha value is -2.47. The third kappa shape index (κ3) is 4.53. The lowest BCUT2D eigenvalue weighted by atomic mass is 10.1. The van der Waals surface area contributed by atoms with E-state index in [-0.39, 0.29) is 17.9 Å². The largest absolute Gasteiger partial charge is 0.311 e. The number of amides is 1. The van der Waals surface area contributed by atoms with Crippen LogP contribution in [0.2, 0.25) is 0 Å². The van der Waals surface area contributed by atoms with E-state index in [2.05, 4.69) is 15.4 Å². The van der Waals surface area contributed by atoms with E-state index in [1.165, 1.54) is 0 Å². The summed E-state index contributed by atoms with van der Waals surface area (Å²) in [6.07, 6.45) is 0.498. The minimum Gasteiger partial charge on any atom is -0.311 e. The maximum atomic E-state index is 11.8. The Balaban J connectivity index is 1.80. The number of rotatable bonds is 6. The number of carbonyl (C=O) groups is 1. The lowest BCUT2D eigenvalue weighted by Crippen LogP contribution is -2.25. The maximum Gasteiger partial charge on any atom is 0.254 e. The first-order valence-corrected chi connectivity index (χ1v) is 7.07. The number of aromatic amines is 1. The van der Waals surface area contributed by atoms with Crippen LogP contribution >= 0.6 is 0 Å². The summed E-state index contributed by atoms with van der Waals surface area (Å²) in [6.45, 7) is 3.79. The van der Waals surface area contributed by atoms with Crippen molar-refractivity contribution in [1.29, 1.82) is 0 Å². The number of aryl methyl sites for hydroxylation is 2. The Morgan fingerprint density at radius 2 is 2.00 bits per heavy atom. The van der Waals surface area contributed by atoms with Gasteiger partial charge in [-0.15, -0.1) is 0 Å². The fourth-order valence-electron chi connectivity index (χ4n) is 2.11. The monoisotopic (exact) mass is 301 g/mol. The van der Waals surface area contributed by atoms with Gasteiger partial charge in [0.15, 0.2) is 0 Å². The van der Waals surface area contributed by atoms with Crippen molar-refractivity contribution in [2.75, 3.05) is 0 Å². The summed E-state index contributed by atoms with van der Waals surface area (Å²) in [5, 5.41) is 0. The average Bonchev–Trinajstić information content (AvgIpc) is 2.47. The summed E-state index contributed by atoms with van der Waals surface area (Å²) in [5.74, 6) is 0.303. The molecule has 22 heavy (non-hydrogen) atoms. The van der Waals surface area contributed by atoms with Crippen molar-refractivity contribution in [3.63, 3.8) is 0 Å². The van der Waals surface area contributed by atoms with E-state index in [1.807, 2.05) is 30.3 Å². The van der Waals surface area contributed by atoms with Gasteiger partial charge < -0.3 is 4.98 Å². The van der Waals surface area contributed by atoms with Crippen LogP contribution in [0.1, 0.15) is 29.1 Å². The molecule has 0 aliphatic carbocycles. The fraction of sp³-hybridized carbons (Fsp3) is 0.312. The Bertz CT molecular complexity index is 696. The van der Waals surface area contributed by atoms with Crippen molar-refractivity contribution in [2.24, 2.45) is 0 Å². The van der Waals surface area contributed by atoms with E-state index < -0.39 is 0 Å². The number of nitrogens with zero attached hydrogens (tertiary/aromatic N) is 1. The van der Waals surface area contributed by atoms with Crippen LogP contribution in [-0.2, 0) is 22.7 Å². The molecule has 0 radical (unpaired) electrons. The Kier molecular flexibility index (Phi) is 5.43. The van der Waals surface area contributed by atoms with Gasteiger partial charge in [0.1, 0.15) is 5.82 Å². The SMILES string of the molecule is Cc1nc(C)c(CCC(=O)NOCc2ccccc2)c(=O)[nH]1. The number of aromatic nitrogens is 2. The second kappa shape index (κ2) is 7.51. The van der Waals surface area contributed by atoms with Crippen LogP contribution in [0.4, 0.5) is 0 Å². The molecule has 6 nitrogen and oxygen atoms in total. The first-order chi connectivity index (χ1) is 10.6. The summed E-state index contributed by atoms with van der Waals surface area (Å²) in [6, 6.07) is 9.54. The zero-order chi connectivity index (χ0) is 15.9. The quantitative estimate of drug-likeness (QED) is 0.793. The van der Waals surface area contributed by atoms with Gasteiger partial charge in [0.2, 0.25) is 5.91 Å². The molecule has 0 saturated carbocycles. The first kappa shape index (κ1) is 15.9. The summed E-state index contributed by atoms with van der Waals surface area (Å²) >= 11 is 0. The van der Waals surface area contributed by atoms with Crippen molar-refractivity contribution < 1.29 is 9.63 Å². The maximum absolute atomic E-state index is 11.8. The van der Waals surface area contributed by atoms with Gasteiger partial charge >= 0.3 is 0 Å². The minimum absolute atomic E-state index is 0.170. The van der Waals surface area contributed by atoms with Gasteiger partial charge in [-0.25, -0.2) is 10.5 Å². The van der Waals surface area contributed by atoms with E-state index in [0.29, 0.717) is 30.1 Å². The molecular formula is C16H19N3O3. The van der Waals surface area contributed by atoms with Crippen LogP contribution in [0, 0.1) is 13.8 Å². The Labute approximate surface area is 128 Å². The highest BCUT2D eigenvalue weighted by molar-refractivity contribution is 5.75. The van der Waals surface area contributed by atoms with E-state index in [9.17, 15) is 9.59 Å². The molecule has 1 aromatic heterocycles. The Morgan fingerprint density at radius 1 is 1.27 bits per heavy atom. The lowest BCUT2D eigenvalue weighted by Gasteiger charge is -2.07. The summed E-state index contributed by atoms with van der Waals surface area (Å²) in [4.78, 5) is 35.5. The van der Waals surface area contributed by atoms with Crippen LogP contribution in [0.15, 0.2) is 35.1 Å². The third-order valence-electron chi connectivity index (χ3n) is 3.21. The average molecular weight is 301 g/mol. The van der Waals surface area contributed by atoms with Gasteiger partial charge in [0, 0.05) is 17.7 Å². The van der Waals surface area contributed by atoms with Gasteiger partial charge in [-0.05, 0) is 25.8 Å². The number of benzene rings is 1. The van der Waals surface area contributed by atoms with E-state index >= 15 is 0 Å². The summed E-state index contributed by atoms with van der Waals surface area (Å²) < 4.78 is 0. The second-order valence-corrected chi connectivity index (χ2v) is 5.01. The van der Waals surface area contributed by atoms with E-state index in [4.69, 9.17) is 4.84 Å². The van der Waals surface area contributed by atoms with Gasteiger partial charge in [-0.1, -0.05) is 30.3 Å². The normalized spacial score (nSPS) is 10.5. The van der Waals surface area contributed by atoms with Gasteiger partial charge in [0.05, 0.1) is 6.61 Å². The van der Waals surface area contributed by atoms with E-state index in [1.54, 1.807) is 13.8 Å². The van der Waals surface area contributed by atoms with Crippen molar-refractivity contribution in [3.05, 3.63) is 63.3 Å². The number of nitrogens with one attached hydrogen (secondary N) is 2. The van der Waals surface area contributed by atoms with Gasteiger partial charge in [-0.3, -0.25) is 14.4 Å². The highest BCUT2D eigenvalue weighted by atomic mass is 16.6. The molecule has 0 saturated heterocycles. The number of hydroxylamine groups is 1. The molecule has 0 aliphatic rings. The van der Waals surface area contributed by atoms with Crippen molar-refractivity contribution in [1.82, 2.24) is 15.4 Å². The number of hydrogen-bond donors (Lipinski definition) is 2. The highest BCUT2D eigenvalue weighted by Gasteiger charge is 2.09. The van der Waals surface area contributed by atoms with Gasteiger partial charge in [-0.2, -0.15) is 0 Å². The molecule has 0 aliphatic heterocycles. The molecule has 0 fully saturated rings. The van der Waals surface area contributed by atoms with Crippen LogP contribution < -0.4 is 11.0 Å². The molecule has 2 N–H and O–H groups in total. The van der Waals surface area contributed by atoms with Crippen molar-refractivity contribution in [3.8, 4) is 0 Å².